The number of Topliss-reactive ketones (excluding diaryl/α,β-unsaturated/α-hetero) is 1. The zero-order valence-electron chi connectivity index (χ0n) is 22.5. The monoisotopic (exact) mass is 493 g/mol. The maximum Gasteiger partial charge on any atom is 0.295 e. The fourth-order valence-electron chi connectivity index (χ4n) is 4.56. The van der Waals surface area contributed by atoms with Gasteiger partial charge >= 0.3 is 0 Å². The predicted octanol–water partition coefficient (Wildman–Crippen LogP) is 4.65. The summed E-state index contributed by atoms with van der Waals surface area (Å²) in [5, 5.41) is 11.5. The number of ether oxygens (including phenoxy) is 1. The first kappa shape index (κ1) is 27.3. The number of anilines is 1. The van der Waals surface area contributed by atoms with E-state index in [1.165, 1.54) is 0 Å². The molecule has 0 aromatic heterocycles. The molecule has 1 amide bonds. The Hall–Kier alpha value is -3.32. The van der Waals surface area contributed by atoms with Gasteiger partial charge in [-0.1, -0.05) is 26.0 Å². The number of benzene rings is 2. The molecule has 36 heavy (non-hydrogen) atoms. The molecule has 7 heteroatoms. The van der Waals surface area contributed by atoms with Crippen LogP contribution in [-0.2, 0) is 9.59 Å². The smallest absolute Gasteiger partial charge is 0.295 e. The number of hydrogen-bond acceptors (Lipinski definition) is 6. The molecule has 0 saturated carbocycles. The first-order chi connectivity index (χ1) is 17.1. The van der Waals surface area contributed by atoms with Crippen molar-refractivity contribution in [2.75, 3.05) is 52.8 Å². The van der Waals surface area contributed by atoms with Gasteiger partial charge in [0.05, 0.1) is 18.2 Å². The zero-order valence-corrected chi connectivity index (χ0v) is 22.5. The molecule has 1 aliphatic heterocycles. The molecule has 7 nitrogen and oxygen atoms in total. The quantitative estimate of drug-likeness (QED) is 0.295. The Balaban J connectivity index is 2.13. The van der Waals surface area contributed by atoms with E-state index in [-0.39, 0.29) is 17.3 Å². The van der Waals surface area contributed by atoms with Crippen LogP contribution in [0, 0.1) is 0 Å². The van der Waals surface area contributed by atoms with Gasteiger partial charge in [-0.05, 0) is 81.4 Å². The molecule has 1 N–H and O–H groups in total. The summed E-state index contributed by atoms with van der Waals surface area (Å²) in [5.41, 5.74) is 3.37. The van der Waals surface area contributed by atoms with Gasteiger partial charge in [-0.15, -0.1) is 0 Å². The summed E-state index contributed by atoms with van der Waals surface area (Å²) >= 11 is 0. The average Bonchev–Trinajstić information content (AvgIpc) is 3.08. The number of likely N-dealkylation sites (tertiary alicyclic amines) is 1. The predicted molar refractivity (Wildman–Crippen MR) is 145 cm³/mol. The molecular formula is C29H39N3O4. The maximum atomic E-state index is 13.3. The molecular weight excluding hydrogens is 454 g/mol. The second kappa shape index (κ2) is 11.6. The van der Waals surface area contributed by atoms with E-state index in [1.54, 1.807) is 11.0 Å². The van der Waals surface area contributed by atoms with Crippen LogP contribution in [0.5, 0.6) is 5.75 Å². The minimum absolute atomic E-state index is 0.126. The van der Waals surface area contributed by atoms with Crippen molar-refractivity contribution in [1.82, 2.24) is 9.80 Å². The molecule has 194 valence electrons. The molecule has 3 rings (SSSR count). The van der Waals surface area contributed by atoms with Crippen molar-refractivity contribution in [2.45, 2.75) is 39.2 Å². The fraction of sp³-hybridized carbons (Fsp3) is 0.448. The third-order valence-electron chi connectivity index (χ3n) is 6.47. The second-order valence-electron chi connectivity index (χ2n) is 9.98. The lowest BCUT2D eigenvalue weighted by Gasteiger charge is -2.26. The van der Waals surface area contributed by atoms with E-state index in [0.717, 1.165) is 29.1 Å². The maximum absolute atomic E-state index is 13.3. The van der Waals surface area contributed by atoms with Crippen LogP contribution in [0.4, 0.5) is 5.69 Å². The molecule has 0 aliphatic carbocycles. The normalized spacial score (nSPS) is 17.4. The highest BCUT2D eigenvalue weighted by Crippen LogP contribution is 2.41. The van der Waals surface area contributed by atoms with Crippen molar-refractivity contribution in [2.24, 2.45) is 0 Å². The summed E-state index contributed by atoms with van der Waals surface area (Å²) < 4.78 is 5.76. The molecule has 1 unspecified atom stereocenters. The standard InChI is InChI=1S/C29H39N3O4/c1-8-36-24-15-12-21(18-23(24)19(2)3)27(33)25-26(20-10-13-22(14-11-20)31(6)7)32(29(35)28(25)34)17-9-16-30(4)5/h10-15,18-19,26,33H,8-9,16-17H2,1-7H3/b27-25-. The van der Waals surface area contributed by atoms with E-state index in [9.17, 15) is 14.7 Å². The Morgan fingerprint density at radius 3 is 2.28 bits per heavy atom. The number of amides is 1. The van der Waals surface area contributed by atoms with Crippen molar-refractivity contribution < 1.29 is 19.4 Å². The highest BCUT2D eigenvalue weighted by molar-refractivity contribution is 6.46. The third kappa shape index (κ3) is 5.73. The summed E-state index contributed by atoms with van der Waals surface area (Å²) in [6, 6.07) is 12.5. The van der Waals surface area contributed by atoms with E-state index in [2.05, 4.69) is 13.8 Å². The van der Waals surface area contributed by atoms with Crippen molar-refractivity contribution >= 4 is 23.1 Å². The van der Waals surface area contributed by atoms with Crippen molar-refractivity contribution in [1.29, 1.82) is 0 Å². The van der Waals surface area contributed by atoms with Gasteiger partial charge in [-0.25, -0.2) is 0 Å². The molecule has 0 radical (unpaired) electrons. The van der Waals surface area contributed by atoms with Crippen LogP contribution in [0.25, 0.3) is 5.76 Å². The molecule has 2 aromatic rings. The Labute approximate surface area is 215 Å². The van der Waals surface area contributed by atoms with E-state index in [0.29, 0.717) is 25.1 Å². The molecule has 0 spiro atoms. The van der Waals surface area contributed by atoms with Crippen LogP contribution in [-0.4, -0.2) is 74.5 Å². The topological polar surface area (TPSA) is 73.3 Å². The van der Waals surface area contributed by atoms with Crippen molar-refractivity contribution in [3.05, 3.63) is 64.7 Å². The van der Waals surface area contributed by atoms with Gasteiger partial charge in [-0.3, -0.25) is 9.59 Å². The highest BCUT2D eigenvalue weighted by atomic mass is 16.5. The van der Waals surface area contributed by atoms with Gasteiger partial charge < -0.3 is 24.5 Å². The van der Waals surface area contributed by atoms with E-state index < -0.39 is 17.7 Å². The first-order valence-corrected chi connectivity index (χ1v) is 12.5. The Bertz CT molecular complexity index is 1120. The first-order valence-electron chi connectivity index (χ1n) is 12.5. The molecule has 1 heterocycles. The van der Waals surface area contributed by atoms with E-state index >= 15 is 0 Å². The van der Waals surface area contributed by atoms with Crippen LogP contribution < -0.4 is 9.64 Å². The molecule has 1 aliphatic rings. The van der Waals surface area contributed by atoms with Gasteiger partial charge in [0.1, 0.15) is 11.5 Å². The number of ketones is 1. The van der Waals surface area contributed by atoms with E-state index in [1.807, 2.05) is 81.3 Å². The van der Waals surface area contributed by atoms with Crippen LogP contribution in [0.3, 0.4) is 0 Å². The number of hydrogen-bond donors (Lipinski definition) is 1. The lowest BCUT2D eigenvalue weighted by Crippen LogP contribution is -2.32. The van der Waals surface area contributed by atoms with Gasteiger partial charge in [-0.2, -0.15) is 0 Å². The van der Waals surface area contributed by atoms with Gasteiger partial charge in [0.15, 0.2) is 0 Å². The molecule has 0 bridgehead atoms. The Kier molecular flexibility index (Phi) is 8.79. The van der Waals surface area contributed by atoms with Crippen LogP contribution in [0.1, 0.15) is 55.8 Å². The Morgan fingerprint density at radius 1 is 1.06 bits per heavy atom. The number of carbonyl (C=O) groups is 2. The summed E-state index contributed by atoms with van der Waals surface area (Å²) in [7, 11) is 7.87. The average molecular weight is 494 g/mol. The lowest BCUT2D eigenvalue weighted by atomic mass is 9.93. The molecule has 1 saturated heterocycles. The minimum Gasteiger partial charge on any atom is -0.507 e. The summed E-state index contributed by atoms with van der Waals surface area (Å²) in [5.74, 6) is -0.479. The van der Waals surface area contributed by atoms with Crippen LogP contribution in [0.15, 0.2) is 48.0 Å². The van der Waals surface area contributed by atoms with Crippen molar-refractivity contribution in [3.63, 3.8) is 0 Å². The molecule has 1 fully saturated rings. The van der Waals surface area contributed by atoms with Crippen LogP contribution >= 0.6 is 0 Å². The van der Waals surface area contributed by atoms with Crippen LogP contribution in [0.2, 0.25) is 0 Å². The SMILES string of the molecule is CCOc1ccc(/C(O)=C2/C(=O)C(=O)N(CCCN(C)C)C2c2ccc(N(C)C)cc2)cc1C(C)C. The third-order valence-corrected chi connectivity index (χ3v) is 6.47. The summed E-state index contributed by atoms with van der Waals surface area (Å²) in [6.07, 6.45) is 0.715. The number of carbonyl (C=O) groups excluding carboxylic acids is 2. The Morgan fingerprint density at radius 2 is 1.72 bits per heavy atom. The summed E-state index contributed by atoms with van der Waals surface area (Å²) in [6.45, 7) is 7.77. The number of nitrogens with zero attached hydrogens (tertiary/aromatic N) is 3. The minimum atomic E-state index is -0.655. The van der Waals surface area contributed by atoms with Gasteiger partial charge in [0.25, 0.3) is 11.7 Å². The second-order valence-corrected chi connectivity index (χ2v) is 9.98. The van der Waals surface area contributed by atoms with E-state index in [4.69, 9.17) is 4.74 Å². The van der Waals surface area contributed by atoms with Gasteiger partial charge in [0, 0.05) is 31.9 Å². The summed E-state index contributed by atoms with van der Waals surface area (Å²) in [4.78, 5) is 32.1. The van der Waals surface area contributed by atoms with Gasteiger partial charge in [0.2, 0.25) is 0 Å². The zero-order chi connectivity index (χ0) is 26.6. The lowest BCUT2D eigenvalue weighted by molar-refractivity contribution is -0.139. The fourth-order valence-corrected chi connectivity index (χ4v) is 4.56. The number of aliphatic hydroxyl groups is 1. The highest BCUT2D eigenvalue weighted by Gasteiger charge is 2.45. The van der Waals surface area contributed by atoms with Crippen molar-refractivity contribution in [3.8, 4) is 5.75 Å². The number of aliphatic hydroxyl groups excluding tert-OH is 1. The largest absolute Gasteiger partial charge is 0.507 e. The molecule has 2 aromatic carbocycles. The number of rotatable bonds is 10. The molecule has 1 atom stereocenters.